The van der Waals surface area contributed by atoms with Crippen molar-refractivity contribution in [2.75, 3.05) is 5.32 Å². The number of rotatable bonds is 13. The Morgan fingerprint density at radius 3 is 2.14 bits per heavy atom. The largest absolute Gasteiger partial charge is 0.444 e. The quantitative estimate of drug-likeness (QED) is 0.261. The molecular formula is C34H48N4O5. The lowest BCUT2D eigenvalue weighted by atomic mass is 9.95. The first kappa shape index (κ1) is 35.1. The van der Waals surface area contributed by atoms with Gasteiger partial charge in [0.1, 0.15) is 17.7 Å². The summed E-state index contributed by atoms with van der Waals surface area (Å²) in [7, 11) is 0. The fourth-order valence-corrected chi connectivity index (χ4v) is 4.84. The minimum Gasteiger partial charge on any atom is -0.444 e. The number of benzene rings is 2. The summed E-state index contributed by atoms with van der Waals surface area (Å²) in [6.07, 6.45) is 1.69. The molecule has 0 spiro atoms. The highest BCUT2D eigenvalue weighted by atomic mass is 16.6. The number of carbonyl (C=O) groups is 4. The average Bonchev–Trinajstić information content (AvgIpc) is 2.90. The van der Waals surface area contributed by atoms with E-state index in [1.54, 1.807) is 39.0 Å². The first-order chi connectivity index (χ1) is 20.0. The molecule has 0 radical (unpaired) electrons. The molecule has 0 saturated carbocycles. The molecular weight excluding hydrogens is 544 g/mol. The molecule has 4 N–H and O–H groups in total. The molecule has 4 amide bonds. The van der Waals surface area contributed by atoms with Gasteiger partial charge in [-0.15, -0.1) is 0 Å². The maximum atomic E-state index is 14.5. The summed E-state index contributed by atoms with van der Waals surface area (Å²) in [5.41, 5.74) is 8.42. The Labute approximate surface area is 256 Å². The first-order valence-electron chi connectivity index (χ1n) is 14.7. The predicted octanol–water partition coefficient (Wildman–Crippen LogP) is 6.05. The number of primary amides is 1. The van der Waals surface area contributed by atoms with Gasteiger partial charge in [0.05, 0.1) is 6.42 Å². The summed E-state index contributed by atoms with van der Waals surface area (Å²) >= 11 is 0. The third-order valence-electron chi connectivity index (χ3n) is 7.00. The Bertz CT molecular complexity index is 1290. The highest BCUT2D eigenvalue weighted by molar-refractivity contribution is 6.00. The molecule has 0 aromatic heterocycles. The van der Waals surface area contributed by atoms with Crippen molar-refractivity contribution in [2.24, 2.45) is 11.7 Å². The standard InChI is InChI=1S/C34H48N4O5/c1-10-25-15-12-16-26(19-25)30(31(40)37-29-22(4)13-11-14-23(29)5)38(24(6)18-17-21(2)3)32(41)27(20-28(35)39)36-33(42)43-34(7,8)9/h10-16,19,21,24,27,30H,1,17-18,20H2,2-9H3,(H2,35,39)(H,36,42)(H,37,40). The van der Waals surface area contributed by atoms with Gasteiger partial charge in [0.2, 0.25) is 11.8 Å². The Balaban J connectivity index is 2.72. The monoisotopic (exact) mass is 592 g/mol. The molecule has 9 heteroatoms. The molecule has 43 heavy (non-hydrogen) atoms. The van der Waals surface area contributed by atoms with Crippen LogP contribution < -0.4 is 16.4 Å². The summed E-state index contributed by atoms with van der Waals surface area (Å²) < 4.78 is 5.38. The Morgan fingerprint density at radius 1 is 1.00 bits per heavy atom. The van der Waals surface area contributed by atoms with Crippen LogP contribution in [-0.2, 0) is 19.1 Å². The van der Waals surface area contributed by atoms with Crippen LogP contribution in [0.4, 0.5) is 10.5 Å². The Kier molecular flexibility index (Phi) is 12.5. The number of ether oxygens (including phenoxy) is 1. The lowest BCUT2D eigenvalue weighted by Gasteiger charge is -2.39. The highest BCUT2D eigenvalue weighted by Gasteiger charge is 2.39. The van der Waals surface area contributed by atoms with Crippen LogP contribution in [0.2, 0.25) is 0 Å². The number of hydrogen-bond donors (Lipinski definition) is 3. The molecule has 9 nitrogen and oxygen atoms in total. The van der Waals surface area contributed by atoms with E-state index in [0.717, 1.165) is 23.1 Å². The van der Waals surface area contributed by atoms with Crippen LogP contribution in [0.25, 0.3) is 6.08 Å². The number of amides is 4. The van der Waals surface area contributed by atoms with Crippen LogP contribution in [0.3, 0.4) is 0 Å². The molecule has 0 fully saturated rings. The molecule has 0 aliphatic carbocycles. The van der Waals surface area contributed by atoms with Crippen LogP contribution in [0.1, 0.15) is 89.1 Å². The summed E-state index contributed by atoms with van der Waals surface area (Å²) in [5, 5.41) is 5.60. The van der Waals surface area contributed by atoms with Gasteiger partial charge in [-0.25, -0.2) is 4.79 Å². The van der Waals surface area contributed by atoms with E-state index in [2.05, 4.69) is 31.1 Å². The molecule has 0 aliphatic rings. The summed E-state index contributed by atoms with van der Waals surface area (Å²) in [4.78, 5) is 55.2. The van der Waals surface area contributed by atoms with Crippen molar-refractivity contribution in [3.63, 3.8) is 0 Å². The van der Waals surface area contributed by atoms with Gasteiger partial charge in [-0.2, -0.15) is 0 Å². The van der Waals surface area contributed by atoms with Crippen LogP contribution in [0, 0.1) is 19.8 Å². The first-order valence-corrected chi connectivity index (χ1v) is 14.7. The molecule has 2 rings (SSSR count). The number of nitrogens with two attached hydrogens (primary N) is 1. The van der Waals surface area contributed by atoms with Crippen LogP contribution in [0.15, 0.2) is 49.0 Å². The van der Waals surface area contributed by atoms with Gasteiger partial charge < -0.3 is 26.0 Å². The van der Waals surface area contributed by atoms with Gasteiger partial charge in [0.25, 0.3) is 5.91 Å². The number of nitrogens with one attached hydrogen (secondary N) is 2. The van der Waals surface area contributed by atoms with E-state index in [4.69, 9.17) is 10.5 Å². The third kappa shape index (κ3) is 10.6. The van der Waals surface area contributed by atoms with Gasteiger partial charge in [-0.3, -0.25) is 14.4 Å². The van der Waals surface area contributed by atoms with Crippen molar-refractivity contribution in [3.05, 3.63) is 71.3 Å². The van der Waals surface area contributed by atoms with Crippen molar-refractivity contribution in [1.82, 2.24) is 10.2 Å². The fourth-order valence-electron chi connectivity index (χ4n) is 4.84. The number of nitrogens with zero attached hydrogens (tertiary/aromatic N) is 1. The molecule has 0 heterocycles. The smallest absolute Gasteiger partial charge is 0.408 e. The maximum Gasteiger partial charge on any atom is 0.408 e. The summed E-state index contributed by atoms with van der Waals surface area (Å²) in [6.45, 7) is 18.8. The van der Waals surface area contributed by atoms with Gasteiger partial charge in [0, 0.05) is 11.7 Å². The lowest BCUT2D eigenvalue weighted by Crippen LogP contribution is -2.56. The van der Waals surface area contributed by atoms with Gasteiger partial charge in [-0.05, 0) is 88.6 Å². The maximum absolute atomic E-state index is 14.5. The van der Waals surface area contributed by atoms with Crippen molar-refractivity contribution in [3.8, 4) is 0 Å². The molecule has 3 unspecified atom stereocenters. The van der Waals surface area contributed by atoms with Crippen LogP contribution in [-0.4, -0.2) is 46.4 Å². The molecule has 0 bridgehead atoms. The number of para-hydroxylation sites is 1. The van der Waals surface area contributed by atoms with Crippen LogP contribution in [0.5, 0.6) is 0 Å². The van der Waals surface area contributed by atoms with Crippen molar-refractivity contribution in [2.45, 2.75) is 98.4 Å². The normalized spacial score (nSPS) is 13.4. The van der Waals surface area contributed by atoms with Gasteiger partial charge in [0.15, 0.2) is 0 Å². The molecule has 234 valence electrons. The van der Waals surface area contributed by atoms with Crippen LogP contribution >= 0.6 is 0 Å². The number of hydrogen-bond acceptors (Lipinski definition) is 5. The van der Waals surface area contributed by atoms with E-state index in [9.17, 15) is 19.2 Å². The van der Waals surface area contributed by atoms with E-state index in [0.29, 0.717) is 23.6 Å². The van der Waals surface area contributed by atoms with Gasteiger partial charge >= 0.3 is 6.09 Å². The number of aryl methyl sites for hydroxylation is 2. The van der Waals surface area contributed by atoms with Gasteiger partial charge in [-0.1, -0.05) is 62.9 Å². The zero-order chi connectivity index (χ0) is 32.5. The van der Waals surface area contributed by atoms with E-state index in [1.165, 1.54) is 4.90 Å². The molecule has 0 saturated heterocycles. The van der Waals surface area contributed by atoms with E-state index < -0.39 is 54.0 Å². The minimum atomic E-state index is -1.35. The zero-order valence-corrected chi connectivity index (χ0v) is 26.8. The summed E-state index contributed by atoms with van der Waals surface area (Å²) in [5.74, 6) is -1.49. The topological polar surface area (TPSA) is 131 Å². The van der Waals surface area contributed by atoms with E-state index in [-0.39, 0.29) is 0 Å². The predicted molar refractivity (Wildman–Crippen MR) is 171 cm³/mol. The molecule has 2 aromatic rings. The molecule has 3 atom stereocenters. The minimum absolute atomic E-state index is 0.340. The SMILES string of the molecule is C=Cc1cccc(C(C(=O)Nc2c(C)cccc2C)N(C(=O)C(CC(N)=O)NC(=O)OC(C)(C)C)C(C)CCC(C)C)c1. The van der Waals surface area contributed by atoms with Crippen molar-refractivity contribution >= 4 is 35.6 Å². The second-order valence-electron chi connectivity index (χ2n) is 12.5. The second kappa shape index (κ2) is 15.4. The fraction of sp³-hybridized carbons (Fsp3) is 0.471. The highest BCUT2D eigenvalue weighted by Crippen LogP contribution is 2.31. The van der Waals surface area contributed by atoms with E-state index in [1.807, 2.05) is 51.1 Å². The Hall–Kier alpha value is -4.14. The lowest BCUT2D eigenvalue weighted by molar-refractivity contribution is -0.144. The number of anilines is 1. The zero-order valence-electron chi connectivity index (χ0n) is 26.8. The third-order valence-corrected chi connectivity index (χ3v) is 7.00. The Morgan fingerprint density at radius 2 is 1.60 bits per heavy atom. The van der Waals surface area contributed by atoms with Crippen molar-refractivity contribution in [1.29, 1.82) is 0 Å². The van der Waals surface area contributed by atoms with E-state index >= 15 is 0 Å². The molecule has 0 aliphatic heterocycles. The average molecular weight is 593 g/mol. The summed E-state index contributed by atoms with van der Waals surface area (Å²) in [6, 6.07) is 10.0. The number of alkyl carbamates (subject to hydrolysis) is 1. The number of carbonyl (C=O) groups excluding carboxylic acids is 4. The van der Waals surface area contributed by atoms with Crippen molar-refractivity contribution < 1.29 is 23.9 Å². The molecule has 2 aromatic carbocycles. The second-order valence-corrected chi connectivity index (χ2v) is 12.5.